The summed E-state index contributed by atoms with van der Waals surface area (Å²) in [6.45, 7) is 6.16. The zero-order valence-electron chi connectivity index (χ0n) is 20.4. The molecule has 0 spiro atoms. The van der Waals surface area contributed by atoms with Gasteiger partial charge in [0.1, 0.15) is 4.21 Å². The van der Waals surface area contributed by atoms with E-state index < -0.39 is 0 Å². The standard InChI is InChI=1S/C29H27ClNO3S2/c1-4-34-25(32)17-24-26(31-15-13-20(3)14-16-31)29(35-18-21-7-5-19(2)6-8-21)36-28(24)27(33)22-9-11-23(30)12-10-22/h5-16H,4,17-18H2,1-3H3/q+1. The second-order valence-corrected chi connectivity index (χ2v) is 11.1. The van der Waals surface area contributed by atoms with Gasteiger partial charge in [-0.1, -0.05) is 41.4 Å². The van der Waals surface area contributed by atoms with Gasteiger partial charge in [-0.15, -0.1) is 23.1 Å². The van der Waals surface area contributed by atoms with E-state index in [9.17, 15) is 9.59 Å². The molecule has 0 radical (unpaired) electrons. The molecule has 0 bridgehead atoms. The van der Waals surface area contributed by atoms with Crippen molar-refractivity contribution in [3.8, 4) is 5.69 Å². The normalized spacial score (nSPS) is 10.9. The topological polar surface area (TPSA) is 47.3 Å². The van der Waals surface area contributed by atoms with E-state index in [2.05, 4.69) is 31.2 Å². The second-order valence-electron chi connectivity index (χ2n) is 8.42. The Labute approximate surface area is 224 Å². The summed E-state index contributed by atoms with van der Waals surface area (Å²) in [6, 6.07) is 19.3. The van der Waals surface area contributed by atoms with Gasteiger partial charge in [-0.05, 0) is 56.2 Å². The first kappa shape index (κ1) is 26.1. The highest BCUT2D eigenvalue weighted by atomic mass is 35.5. The van der Waals surface area contributed by atoms with Gasteiger partial charge in [0.15, 0.2) is 12.4 Å². The smallest absolute Gasteiger partial charge is 0.310 e. The highest BCUT2D eigenvalue weighted by Crippen LogP contribution is 2.40. The van der Waals surface area contributed by atoms with Crippen LogP contribution in [0.3, 0.4) is 0 Å². The van der Waals surface area contributed by atoms with Gasteiger partial charge in [0.25, 0.3) is 0 Å². The van der Waals surface area contributed by atoms with Gasteiger partial charge >= 0.3 is 5.97 Å². The lowest BCUT2D eigenvalue weighted by Gasteiger charge is -2.06. The lowest BCUT2D eigenvalue weighted by atomic mass is 10.0. The number of ether oxygens (including phenoxy) is 1. The summed E-state index contributed by atoms with van der Waals surface area (Å²) in [7, 11) is 0. The molecule has 0 aliphatic heterocycles. The van der Waals surface area contributed by atoms with Gasteiger partial charge in [0.2, 0.25) is 11.5 Å². The summed E-state index contributed by atoms with van der Waals surface area (Å²) in [5.41, 5.74) is 5.59. The molecule has 0 unspecified atom stereocenters. The molecular weight excluding hydrogens is 510 g/mol. The van der Waals surface area contributed by atoms with E-state index in [-0.39, 0.29) is 24.8 Å². The molecule has 0 saturated heterocycles. The minimum atomic E-state index is -0.357. The number of nitrogens with zero attached hydrogens (tertiary/aromatic N) is 1. The number of thioether (sulfide) groups is 1. The van der Waals surface area contributed by atoms with Crippen molar-refractivity contribution in [1.82, 2.24) is 0 Å². The number of hydrogen-bond acceptors (Lipinski definition) is 5. The number of aryl methyl sites for hydroxylation is 2. The number of carbonyl (C=O) groups excluding carboxylic acids is 2. The fraction of sp³-hybridized carbons (Fsp3) is 0.207. The minimum Gasteiger partial charge on any atom is -0.466 e. The zero-order valence-corrected chi connectivity index (χ0v) is 22.8. The van der Waals surface area contributed by atoms with E-state index in [0.29, 0.717) is 21.0 Å². The van der Waals surface area contributed by atoms with E-state index in [4.69, 9.17) is 16.3 Å². The van der Waals surface area contributed by atoms with Crippen LogP contribution in [0.1, 0.15) is 44.4 Å². The van der Waals surface area contributed by atoms with Crippen molar-refractivity contribution in [3.05, 3.63) is 111 Å². The van der Waals surface area contributed by atoms with E-state index in [1.807, 2.05) is 36.0 Å². The van der Waals surface area contributed by atoms with Crippen LogP contribution in [0, 0.1) is 13.8 Å². The Morgan fingerprint density at radius 1 is 0.944 bits per heavy atom. The van der Waals surface area contributed by atoms with Crippen molar-refractivity contribution in [2.45, 2.75) is 37.2 Å². The van der Waals surface area contributed by atoms with Crippen LogP contribution in [0.15, 0.2) is 77.3 Å². The van der Waals surface area contributed by atoms with Crippen LogP contribution in [-0.2, 0) is 21.7 Å². The monoisotopic (exact) mass is 536 g/mol. The van der Waals surface area contributed by atoms with Gasteiger partial charge in [0.05, 0.1) is 23.5 Å². The lowest BCUT2D eigenvalue weighted by molar-refractivity contribution is -0.598. The number of benzene rings is 2. The third kappa shape index (κ3) is 6.25. The molecule has 0 N–H and O–H groups in total. The van der Waals surface area contributed by atoms with E-state index in [0.717, 1.165) is 21.2 Å². The number of carbonyl (C=O) groups is 2. The zero-order chi connectivity index (χ0) is 25.7. The number of thiophene rings is 1. The lowest BCUT2D eigenvalue weighted by Crippen LogP contribution is -2.31. The predicted molar refractivity (Wildman–Crippen MR) is 147 cm³/mol. The van der Waals surface area contributed by atoms with Gasteiger partial charge in [-0.25, -0.2) is 0 Å². The van der Waals surface area contributed by atoms with Crippen molar-refractivity contribution in [1.29, 1.82) is 0 Å². The molecule has 0 amide bonds. The molecule has 4 rings (SSSR count). The predicted octanol–water partition coefficient (Wildman–Crippen LogP) is 6.92. The SMILES string of the molecule is CCOC(=O)Cc1c(C(=O)c2ccc(Cl)cc2)sc(SCc2ccc(C)cc2)c1-[n+]1ccc(C)cc1. The van der Waals surface area contributed by atoms with Crippen LogP contribution >= 0.6 is 34.7 Å². The average Bonchev–Trinajstić information content (AvgIpc) is 3.22. The molecule has 2 aromatic heterocycles. The maximum absolute atomic E-state index is 13.7. The molecule has 7 heteroatoms. The Morgan fingerprint density at radius 3 is 2.22 bits per heavy atom. The molecule has 2 aromatic carbocycles. The van der Waals surface area contributed by atoms with Crippen LogP contribution in [0.5, 0.6) is 0 Å². The fourth-order valence-electron chi connectivity index (χ4n) is 3.71. The molecule has 0 fully saturated rings. The fourth-order valence-corrected chi connectivity index (χ4v) is 6.37. The second kappa shape index (κ2) is 11.9. The van der Waals surface area contributed by atoms with Crippen molar-refractivity contribution >= 4 is 46.5 Å². The summed E-state index contributed by atoms with van der Waals surface area (Å²) in [6.07, 6.45) is 3.96. The molecule has 36 heavy (non-hydrogen) atoms. The van der Waals surface area contributed by atoms with Crippen molar-refractivity contribution in [2.75, 3.05) is 6.61 Å². The highest BCUT2D eigenvalue weighted by Gasteiger charge is 2.31. The molecule has 4 aromatic rings. The van der Waals surface area contributed by atoms with Crippen molar-refractivity contribution in [2.24, 2.45) is 0 Å². The Kier molecular flexibility index (Phi) is 8.62. The van der Waals surface area contributed by atoms with E-state index >= 15 is 0 Å². The van der Waals surface area contributed by atoms with Crippen molar-refractivity contribution < 1.29 is 18.9 Å². The summed E-state index contributed by atoms with van der Waals surface area (Å²) in [5, 5.41) is 0.565. The van der Waals surface area contributed by atoms with Crippen LogP contribution < -0.4 is 4.57 Å². The third-order valence-electron chi connectivity index (χ3n) is 5.63. The molecule has 0 atom stereocenters. The van der Waals surface area contributed by atoms with Gasteiger partial charge < -0.3 is 4.74 Å². The summed E-state index contributed by atoms with van der Waals surface area (Å²) >= 11 is 9.15. The quantitative estimate of drug-likeness (QED) is 0.101. The minimum absolute atomic E-state index is 0.0142. The number of aromatic nitrogens is 1. The molecule has 4 nitrogen and oxygen atoms in total. The molecular formula is C29H27ClNO3S2+. The van der Waals surface area contributed by atoms with Gasteiger partial charge in [0, 0.05) is 28.5 Å². The molecule has 0 saturated carbocycles. The Bertz CT molecular complexity index is 1360. The number of ketones is 1. The first-order valence-corrected chi connectivity index (χ1v) is 13.8. The highest BCUT2D eigenvalue weighted by molar-refractivity contribution is 8.00. The number of hydrogen-bond donors (Lipinski definition) is 0. The Morgan fingerprint density at radius 2 is 1.58 bits per heavy atom. The van der Waals surface area contributed by atoms with Gasteiger partial charge in [-0.2, -0.15) is 4.57 Å². The number of esters is 1. The van der Waals surface area contributed by atoms with Crippen LogP contribution in [0.2, 0.25) is 5.02 Å². The molecule has 2 heterocycles. The van der Waals surface area contributed by atoms with E-state index in [1.165, 1.54) is 22.5 Å². The molecule has 184 valence electrons. The maximum atomic E-state index is 13.7. The largest absolute Gasteiger partial charge is 0.466 e. The third-order valence-corrected chi connectivity index (χ3v) is 8.44. The van der Waals surface area contributed by atoms with Crippen molar-refractivity contribution in [3.63, 3.8) is 0 Å². The number of pyridine rings is 1. The van der Waals surface area contributed by atoms with E-state index in [1.54, 1.807) is 43.0 Å². The average molecular weight is 537 g/mol. The first-order chi connectivity index (χ1) is 17.4. The summed E-state index contributed by atoms with van der Waals surface area (Å²) in [4.78, 5) is 26.9. The van der Waals surface area contributed by atoms with Crippen LogP contribution in [-0.4, -0.2) is 18.4 Å². The number of rotatable bonds is 9. The van der Waals surface area contributed by atoms with Crippen LogP contribution in [0.4, 0.5) is 0 Å². The van der Waals surface area contributed by atoms with Crippen LogP contribution in [0.25, 0.3) is 5.69 Å². The Hall–Kier alpha value is -2.93. The summed E-state index contributed by atoms with van der Waals surface area (Å²) in [5.74, 6) is 0.254. The number of halogens is 1. The van der Waals surface area contributed by atoms with Gasteiger partial charge in [-0.3, -0.25) is 9.59 Å². The first-order valence-electron chi connectivity index (χ1n) is 11.6. The maximum Gasteiger partial charge on any atom is 0.310 e. The summed E-state index contributed by atoms with van der Waals surface area (Å²) < 4.78 is 8.25. The Balaban J connectivity index is 1.83. The molecule has 0 aliphatic rings. The molecule has 0 aliphatic carbocycles.